The molecule has 100 valence electrons. The van der Waals surface area contributed by atoms with E-state index in [1.54, 1.807) is 18.0 Å². The molecule has 1 rings (SSSR count). The summed E-state index contributed by atoms with van der Waals surface area (Å²) in [5.74, 6) is -0.107. The Bertz CT molecular complexity index is 407. The fraction of sp³-hybridized carbons (Fsp3) is 0.538. The number of nitrogens with two attached hydrogens (primary N) is 1. The Labute approximate surface area is 108 Å². The van der Waals surface area contributed by atoms with Crippen LogP contribution in [0.15, 0.2) is 12.3 Å². The third-order valence-corrected chi connectivity index (χ3v) is 2.80. The highest BCUT2D eigenvalue weighted by atomic mass is 16.2. The van der Waals surface area contributed by atoms with Gasteiger partial charge in [-0.1, -0.05) is 0 Å². The summed E-state index contributed by atoms with van der Waals surface area (Å²) in [6, 6.07) is 1.70. The van der Waals surface area contributed by atoms with Gasteiger partial charge in [0.15, 0.2) is 0 Å². The molecule has 3 N–H and O–H groups in total. The van der Waals surface area contributed by atoms with Gasteiger partial charge in [-0.05, 0) is 32.3 Å². The zero-order chi connectivity index (χ0) is 13.5. The van der Waals surface area contributed by atoms with E-state index >= 15 is 0 Å². The molecule has 0 unspecified atom stereocenters. The summed E-state index contributed by atoms with van der Waals surface area (Å²) < 4.78 is 0. The van der Waals surface area contributed by atoms with Crippen LogP contribution in [0.4, 0.5) is 5.69 Å². The zero-order valence-corrected chi connectivity index (χ0v) is 11.0. The topological polar surface area (TPSA) is 79.5 Å². The summed E-state index contributed by atoms with van der Waals surface area (Å²) in [4.78, 5) is 17.8. The largest absolute Gasteiger partial charge is 0.398 e. The second-order valence-electron chi connectivity index (χ2n) is 4.42. The molecular formula is C13H21N3O2. The van der Waals surface area contributed by atoms with E-state index in [0.717, 1.165) is 25.0 Å². The summed E-state index contributed by atoms with van der Waals surface area (Å²) in [6.45, 7) is 2.70. The lowest BCUT2D eigenvalue weighted by Gasteiger charge is -2.18. The van der Waals surface area contributed by atoms with Crippen LogP contribution in [0.3, 0.4) is 0 Å². The van der Waals surface area contributed by atoms with Gasteiger partial charge in [-0.3, -0.25) is 9.78 Å². The average Bonchev–Trinajstić information content (AvgIpc) is 2.33. The van der Waals surface area contributed by atoms with Crippen molar-refractivity contribution in [3.05, 3.63) is 23.5 Å². The van der Waals surface area contributed by atoms with Gasteiger partial charge in [-0.25, -0.2) is 0 Å². The van der Waals surface area contributed by atoms with E-state index in [-0.39, 0.29) is 12.5 Å². The number of unbranched alkanes of at least 4 members (excludes halogenated alkanes) is 2. The Hall–Kier alpha value is -1.62. The van der Waals surface area contributed by atoms with Crippen LogP contribution in [0, 0.1) is 6.92 Å². The lowest BCUT2D eigenvalue weighted by Crippen LogP contribution is -2.28. The van der Waals surface area contributed by atoms with Crippen LogP contribution in [0.1, 0.15) is 35.3 Å². The van der Waals surface area contributed by atoms with Gasteiger partial charge < -0.3 is 15.7 Å². The van der Waals surface area contributed by atoms with Gasteiger partial charge in [-0.2, -0.15) is 0 Å². The summed E-state index contributed by atoms with van der Waals surface area (Å²) in [5.41, 5.74) is 7.53. The Balaban J connectivity index is 2.57. The quantitative estimate of drug-likeness (QED) is 0.745. The Morgan fingerprint density at radius 1 is 1.44 bits per heavy atom. The van der Waals surface area contributed by atoms with Crippen molar-refractivity contribution in [2.24, 2.45) is 0 Å². The highest BCUT2D eigenvalue weighted by Gasteiger charge is 2.14. The first-order valence-electron chi connectivity index (χ1n) is 6.14. The Morgan fingerprint density at radius 2 is 2.17 bits per heavy atom. The SMILES string of the molecule is Cc1cc(N)c(C(=O)N(C)CCCCCO)cn1. The van der Waals surface area contributed by atoms with Gasteiger partial charge >= 0.3 is 0 Å². The van der Waals surface area contributed by atoms with Crippen LogP contribution in [0.2, 0.25) is 0 Å². The molecular weight excluding hydrogens is 230 g/mol. The number of hydrogen-bond acceptors (Lipinski definition) is 4. The molecule has 0 saturated heterocycles. The molecule has 1 heterocycles. The number of hydrogen-bond donors (Lipinski definition) is 2. The average molecular weight is 251 g/mol. The third kappa shape index (κ3) is 4.00. The Kier molecular flexibility index (Phi) is 5.58. The number of aromatic nitrogens is 1. The van der Waals surface area contributed by atoms with Crippen LogP contribution in [-0.4, -0.2) is 41.1 Å². The minimum Gasteiger partial charge on any atom is -0.398 e. The first-order chi connectivity index (χ1) is 8.56. The third-order valence-electron chi connectivity index (χ3n) is 2.80. The molecule has 1 aromatic rings. The minimum atomic E-state index is -0.107. The van der Waals surface area contributed by atoms with Gasteiger partial charge in [0.2, 0.25) is 0 Å². The molecule has 0 aliphatic carbocycles. The molecule has 0 fully saturated rings. The smallest absolute Gasteiger partial charge is 0.257 e. The molecule has 1 aromatic heterocycles. The van der Waals surface area contributed by atoms with Crippen molar-refractivity contribution in [2.45, 2.75) is 26.2 Å². The number of rotatable bonds is 6. The molecule has 18 heavy (non-hydrogen) atoms. The monoisotopic (exact) mass is 251 g/mol. The van der Waals surface area contributed by atoms with E-state index in [9.17, 15) is 4.79 Å². The first kappa shape index (κ1) is 14.4. The van der Waals surface area contributed by atoms with Crippen molar-refractivity contribution in [1.29, 1.82) is 0 Å². The molecule has 0 aliphatic rings. The van der Waals surface area contributed by atoms with Gasteiger partial charge in [0.25, 0.3) is 5.91 Å². The number of carbonyl (C=O) groups is 1. The maximum absolute atomic E-state index is 12.1. The maximum atomic E-state index is 12.1. The van der Waals surface area contributed by atoms with Crippen molar-refractivity contribution in [3.8, 4) is 0 Å². The number of nitrogen functional groups attached to an aromatic ring is 1. The van der Waals surface area contributed by atoms with Crippen LogP contribution in [0.25, 0.3) is 0 Å². The fourth-order valence-electron chi connectivity index (χ4n) is 1.70. The van der Waals surface area contributed by atoms with Gasteiger partial charge in [0.1, 0.15) is 0 Å². The summed E-state index contributed by atoms with van der Waals surface area (Å²) >= 11 is 0. The molecule has 0 saturated carbocycles. The predicted octanol–water partition coefficient (Wildman–Crippen LogP) is 1.21. The summed E-state index contributed by atoms with van der Waals surface area (Å²) in [7, 11) is 1.75. The second kappa shape index (κ2) is 6.96. The van der Waals surface area contributed by atoms with E-state index < -0.39 is 0 Å². The van der Waals surface area contributed by atoms with Crippen LogP contribution in [0.5, 0.6) is 0 Å². The van der Waals surface area contributed by atoms with Crippen LogP contribution in [-0.2, 0) is 0 Å². The minimum absolute atomic E-state index is 0.107. The lowest BCUT2D eigenvalue weighted by atomic mass is 10.2. The molecule has 0 atom stereocenters. The molecule has 0 aromatic carbocycles. The van der Waals surface area contributed by atoms with E-state index in [1.165, 1.54) is 6.20 Å². The molecule has 5 heteroatoms. The number of aliphatic hydroxyl groups is 1. The lowest BCUT2D eigenvalue weighted by molar-refractivity contribution is 0.0793. The first-order valence-corrected chi connectivity index (χ1v) is 6.14. The van der Waals surface area contributed by atoms with Crippen molar-refractivity contribution >= 4 is 11.6 Å². The van der Waals surface area contributed by atoms with Crippen molar-refractivity contribution in [1.82, 2.24) is 9.88 Å². The van der Waals surface area contributed by atoms with Crippen LogP contribution >= 0.6 is 0 Å². The second-order valence-corrected chi connectivity index (χ2v) is 4.42. The van der Waals surface area contributed by atoms with Crippen molar-refractivity contribution in [2.75, 3.05) is 25.9 Å². The number of aryl methyl sites for hydroxylation is 1. The Morgan fingerprint density at radius 3 is 2.78 bits per heavy atom. The zero-order valence-electron chi connectivity index (χ0n) is 11.0. The summed E-state index contributed by atoms with van der Waals surface area (Å²) in [5, 5.41) is 8.68. The molecule has 0 bridgehead atoms. The number of nitrogens with zero attached hydrogens (tertiary/aromatic N) is 2. The normalized spacial score (nSPS) is 10.4. The number of aliphatic hydroxyl groups excluding tert-OH is 1. The van der Waals surface area contributed by atoms with E-state index in [1.807, 2.05) is 6.92 Å². The number of carbonyl (C=O) groups excluding carboxylic acids is 1. The highest BCUT2D eigenvalue weighted by molar-refractivity contribution is 5.98. The molecule has 0 radical (unpaired) electrons. The molecule has 5 nitrogen and oxygen atoms in total. The number of anilines is 1. The molecule has 1 amide bonds. The predicted molar refractivity (Wildman–Crippen MR) is 71.3 cm³/mol. The molecule has 0 spiro atoms. The fourth-order valence-corrected chi connectivity index (χ4v) is 1.70. The van der Waals surface area contributed by atoms with E-state index in [2.05, 4.69) is 4.98 Å². The number of amides is 1. The maximum Gasteiger partial charge on any atom is 0.257 e. The van der Waals surface area contributed by atoms with E-state index in [0.29, 0.717) is 17.8 Å². The van der Waals surface area contributed by atoms with Crippen molar-refractivity contribution < 1.29 is 9.90 Å². The van der Waals surface area contributed by atoms with Gasteiger partial charge in [-0.15, -0.1) is 0 Å². The van der Waals surface area contributed by atoms with Crippen LogP contribution < -0.4 is 5.73 Å². The standard InChI is InChI=1S/C13H21N3O2/c1-10-8-12(14)11(9-15-10)13(18)16(2)6-4-3-5-7-17/h8-9,17H,3-7H2,1-2H3,(H2,14,15). The summed E-state index contributed by atoms with van der Waals surface area (Å²) in [6.07, 6.45) is 4.09. The van der Waals surface area contributed by atoms with Crippen molar-refractivity contribution in [3.63, 3.8) is 0 Å². The van der Waals surface area contributed by atoms with Gasteiger partial charge in [0, 0.05) is 37.8 Å². The highest BCUT2D eigenvalue weighted by Crippen LogP contribution is 2.13. The van der Waals surface area contributed by atoms with Gasteiger partial charge in [0.05, 0.1) is 5.56 Å². The number of pyridine rings is 1. The molecule has 0 aliphatic heterocycles. The van der Waals surface area contributed by atoms with E-state index in [4.69, 9.17) is 10.8 Å².